The van der Waals surface area contributed by atoms with Crippen LogP contribution in [0.3, 0.4) is 0 Å². The van der Waals surface area contributed by atoms with Crippen molar-refractivity contribution in [3.05, 3.63) is 40.5 Å². The maximum Gasteiger partial charge on any atom is 0.129 e. The van der Waals surface area contributed by atoms with Gasteiger partial charge in [-0.1, -0.05) is 13.0 Å². The third kappa shape index (κ3) is 2.01. The lowest BCUT2D eigenvalue weighted by Gasteiger charge is -2.49. The number of hydrogen-bond acceptors (Lipinski definition) is 3. The van der Waals surface area contributed by atoms with E-state index >= 15 is 0 Å². The fourth-order valence-corrected chi connectivity index (χ4v) is 5.95. The Morgan fingerprint density at radius 1 is 1.17 bits per heavy atom. The highest BCUT2D eigenvalue weighted by Crippen LogP contribution is 2.63. The number of hydrogen-bond donors (Lipinski definition) is 1. The Morgan fingerprint density at radius 3 is 2.71 bits per heavy atom. The molecule has 4 atom stereocenters. The maximum absolute atomic E-state index is 9.76. The quantitative estimate of drug-likeness (QED) is 0.711. The molecule has 2 saturated carbocycles. The zero-order valence-electron chi connectivity index (χ0n) is 14.0. The summed E-state index contributed by atoms with van der Waals surface area (Å²) in [7, 11) is 0. The number of fused-ring (bicyclic) bond motifs is 5. The number of nitriles is 2. The van der Waals surface area contributed by atoms with Crippen molar-refractivity contribution in [1.29, 1.82) is 10.5 Å². The van der Waals surface area contributed by atoms with Gasteiger partial charge in [0.2, 0.25) is 0 Å². The Balaban J connectivity index is 1.73. The van der Waals surface area contributed by atoms with Gasteiger partial charge in [0.15, 0.2) is 0 Å². The van der Waals surface area contributed by atoms with Gasteiger partial charge in [0.25, 0.3) is 0 Å². The van der Waals surface area contributed by atoms with Crippen molar-refractivity contribution in [3.8, 4) is 17.9 Å². The predicted octanol–water partition coefficient (Wildman–Crippen LogP) is 4.59. The van der Waals surface area contributed by atoms with Crippen LogP contribution in [-0.4, -0.2) is 5.11 Å². The van der Waals surface area contributed by atoms with Crippen LogP contribution in [0.15, 0.2) is 29.3 Å². The van der Waals surface area contributed by atoms with Crippen molar-refractivity contribution in [3.63, 3.8) is 0 Å². The number of phenols is 1. The molecule has 3 aliphatic carbocycles. The van der Waals surface area contributed by atoms with Crippen molar-refractivity contribution in [2.45, 2.75) is 51.4 Å². The SMILES string of the molecule is CC12CCC3c4ccc(O)cc4CCC3C1CCC2=C(C#N)C#N. The van der Waals surface area contributed by atoms with Gasteiger partial charge in [0.1, 0.15) is 23.5 Å². The standard InChI is InChI=1S/C21H22N2O/c1-21-9-8-17-16-5-3-15(24)10-13(16)2-4-18(17)20(21)7-6-19(21)14(11-22)12-23/h3,5,10,17-18,20,24H,2,4,6-9H2,1H3. The Hall–Kier alpha value is -2.26. The summed E-state index contributed by atoms with van der Waals surface area (Å²) in [6.07, 6.45) is 6.37. The minimum Gasteiger partial charge on any atom is -0.508 e. The molecule has 0 aliphatic heterocycles. The first-order valence-electron chi connectivity index (χ1n) is 8.94. The molecule has 2 fully saturated rings. The predicted molar refractivity (Wildman–Crippen MR) is 91.0 cm³/mol. The Kier molecular flexibility index (Phi) is 3.43. The van der Waals surface area contributed by atoms with Crippen LogP contribution >= 0.6 is 0 Å². The molecule has 1 aromatic carbocycles. The minimum absolute atomic E-state index is 0.0242. The second kappa shape index (κ2) is 5.38. The van der Waals surface area contributed by atoms with Crippen molar-refractivity contribution in [2.75, 3.05) is 0 Å². The van der Waals surface area contributed by atoms with Crippen LogP contribution in [0.1, 0.15) is 56.1 Å². The average molecular weight is 318 g/mol. The number of aryl methyl sites for hydroxylation is 1. The summed E-state index contributed by atoms with van der Waals surface area (Å²) in [6, 6.07) is 10.1. The van der Waals surface area contributed by atoms with Crippen LogP contribution in [0.25, 0.3) is 0 Å². The molecule has 4 rings (SSSR count). The number of nitrogens with zero attached hydrogens (tertiary/aromatic N) is 2. The molecule has 3 aliphatic rings. The van der Waals surface area contributed by atoms with Gasteiger partial charge < -0.3 is 5.11 Å². The third-order valence-corrected chi connectivity index (χ3v) is 7.02. The molecule has 3 heteroatoms. The molecule has 0 bridgehead atoms. The number of phenolic OH excluding ortho intramolecular Hbond substituents is 1. The Labute approximate surface area is 143 Å². The van der Waals surface area contributed by atoms with Crippen LogP contribution in [0, 0.1) is 39.9 Å². The fourth-order valence-electron chi connectivity index (χ4n) is 5.95. The summed E-state index contributed by atoms with van der Waals surface area (Å²) in [6.45, 7) is 2.29. The van der Waals surface area contributed by atoms with Crippen LogP contribution in [-0.2, 0) is 6.42 Å². The molecule has 0 heterocycles. The molecular formula is C21H22N2O. The van der Waals surface area contributed by atoms with Crippen LogP contribution in [0.5, 0.6) is 5.75 Å². The van der Waals surface area contributed by atoms with Crippen LogP contribution in [0.2, 0.25) is 0 Å². The molecule has 122 valence electrons. The number of rotatable bonds is 0. The van der Waals surface area contributed by atoms with Gasteiger partial charge >= 0.3 is 0 Å². The lowest BCUT2D eigenvalue weighted by molar-refractivity contribution is 0.0812. The molecule has 0 amide bonds. The van der Waals surface area contributed by atoms with Gasteiger partial charge in [-0.2, -0.15) is 10.5 Å². The molecule has 0 saturated heterocycles. The van der Waals surface area contributed by atoms with E-state index in [1.165, 1.54) is 11.1 Å². The largest absolute Gasteiger partial charge is 0.508 e. The van der Waals surface area contributed by atoms with Crippen molar-refractivity contribution < 1.29 is 5.11 Å². The van der Waals surface area contributed by atoms with E-state index in [1.54, 1.807) is 0 Å². The van der Waals surface area contributed by atoms with E-state index in [4.69, 9.17) is 0 Å². The Bertz CT molecular complexity index is 794. The second-order valence-corrected chi connectivity index (χ2v) is 7.87. The molecule has 0 aromatic heterocycles. The highest BCUT2D eigenvalue weighted by atomic mass is 16.3. The third-order valence-electron chi connectivity index (χ3n) is 7.02. The minimum atomic E-state index is 0.0242. The van der Waals surface area contributed by atoms with Gasteiger partial charge in [-0.25, -0.2) is 0 Å². The summed E-state index contributed by atoms with van der Waals surface area (Å²) < 4.78 is 0. The van der Waals surface area contributed by atoms with Crippen molar-refractivity contribution in [1.82, 2.24) is 0 Å². The number of benzene rings is 1. The second-order valence-electron chi connectivity index (χ2n) is 7.87. The van der Waals surface area contributed by atoms with Crippen LogP contribution in [0.4, 0.5) is 0 Å². The van der Waals surface area contributed by atoms with E-state index in [0.717, 1.165) is 44.1 Å². The van der Waals surface area contributed by atoms with Crippen molar-refractivity contribution in [2.24, 2.45) is 17.3 Å². The van der Waals surface area contributed by atoms with E-state index in [9.17, 15) is 15.6 Å². The lowest BCUT2D eigenvalue weighted by atomic mass is 9.55. The van der Waals surface area contributed by atoms with E-state index < -0.39 is 0 Å². The Morgan fingerprint density at radius 2 is 1.96 bits per heavy atom. The molecular weight excluding hydrogens is 296 g/mol. The average Bonchev–Trinajstić information content (AvgIpc) is 2.93. The summed E-state index contributed by atoms with van der Waals surface area (Å²) in [5.41, 5.74) is 4.23. The van der Waals surface area contributed by atoms with Crippen molar-refractivity contribution >= 4 is 0 Å². The molecule has 3 nitrogen and oxygen atoms in total. The van der Waals surface area contributed by atoms with Gasteiger partial charge in [-0.3, -0.25) is 0 Å². The molecule has 0 spiro atoms. The smallest absolute Gasteiger partial charge is 0.129 e. The molecule has 1 aromatic rings. The van der Waals surface area contributed by atoms with Crippen LogP contribution < -0.4 is 0 Å². The zero-order chi connectivity index (χ0) is 16.9. The normalized spacial score (nSPS) is 33.6. The van der Waals surface area contributed by atoms with E-state index in [1.807, 2.05) is 12.1 Å². The molecule has 0 radical (unpaired) electrons. The highest BCUT2D eigenvalue weighted by Gasteiger charge is 2.53. The molecule has 24 heavy (non-hydrogen) atoms. The summed E-state index contributed by atoms with van der Waals surface area (Å²) in [4.78, 5) is 0. The maximum atomic E-state index is 9.76. The first kappa shape index (κ1) is 15.3. The molecule has 1 N–H and O–H groups in total. The van der Waals surface area contributed by atoms with Gasteiger partial charge in [-0.05, 0) is 90.5 Å². The number of allylic oxidation sites excluding steroid dienone is 2. The van der Waals surface area contributed by atoms with E-state index in [0.29, 0.717) is 29.1 Å². The topological polar surface area (TPSA) is 67.8 Å². The summed E-state index contributed by atoms with van der Waals surface area (Å²) >= 11 is 0. The zero-order valence-corrected chi connectivity index (χ0v) is 14.0. The summed E-state index contributed by atoms with van der Waals surface area (Å²) in [5.74, 6) is 2.15. The first-order valence-corrected chi connectivity index (χ1v) is 8.94. The molecule has 4 unspecified atom stereocenters. The van der Waals surface area contributed by atoms with E-state index in [-0.39, 0.29) is 5.41 Å². The van der Waals surface area contributed by atoms with Gasteiger partial charge in [0.05, 0.1) is 0 Å². The van der Waals surface area contributed by atoms with Gasteiger partial charge in [-0.15, -0.1) is 0 Å². The number of aromatic hydroxyl groups is 1. The highest BCUT2D eigenvalue weighted by molar-refractivity contribution is 5.46. The monoisotopic (exact) mass is 318 g/mol. The fraction of sp³-hybridized carbons (Fsp3) is 0.524. The first-order chi connectivity index (χ1) is 11.6. The summed E-state index contributed by atoms with van der Waals surface area (Å²) in [5, 5.41) is 28.4. The van der Waals surface area contributed by atoms with Gasteiger partial charge in [0, 0.05) is 0 Å². The lowest BCUT2D eigenvalue weighted by Crippen LogP contribution is -2.40. The van der Waals surface area contributed by atoms with E-state index in [2.05, 4.69) is 25.1 Å².